The molecule has 1 rings (SSSR count). The molecule has 0 saturated carbocycles. The highest BCUT2D eigenvalue weighted by Gasteiger charge is 2.16. The first-order valence-electron chi connectivity index (χ1n) is 5.27. The van der Waals surface area contributed by atoms with Gasteiger partial charge in [0.2, 0.25) is 5.91 Å². The number of carbonyl (C=O) groups is 2. The number of rotatable bonds is 4. The molecule has 0 bridgehead atoms. The number of methoxy groups -OCH3 is 1. The van der Waals surface area contributed by atoms with Gasteiger partial charge in [-0.15, -0.1) is 11.8 Å². The largest absolute Gasteiger partial charge is 0.453 e. The fourth-order valence-electron chi connectivity index (χ4n) is 1.13. The van der Waals surface area contributed by atoms with Gasteiger partial charge >= 0.3 is 6.09 Å². The molecule has 18 heavy (non-hydrogen) atoms. The van der Waals surface area contributed by atoms with Crippen LogP contribution in [0.1, 0.15) is 12.5 Å². The van der Waals surface area contributed by atoms with Crippen LogP contribution in [-0.2, 0) is 15.3 Å². The Hall–Kier alpha value is -1.20. The quantitative estimate of drug-likeness (QED) is 0.925. The van der Waals surface area contributed by atoms with Gasteiger partial charge in [0.1, 0.15) is 0 Å². The molecule has 0 spiro atoms. The maximum absolute atomic E-state index is 11.5. The normalized spacial score (nSPS) is 11.7. The van der Waals surface area contributed by atoms with Gasteiger partial charge in [0.05, 0.1) is 12.4 Å². The summed E-state index contributed by atoms with van der Waals surface area (Å²) < 4.78 is 4.35. The fourth-order valence-corrected chi connectivity index (χ4v) is 2.10. The van der Waals surface area contributed by atoms with E-state index < -0.39 is 6.09 Å². The zero-order valence-corrected chi connectivity index (χ0v) is 11.7. The van der Waals surface area contributed by atoms with Crippen LogP contribution in [0.15, 0.2) is 24.3 Å². The number of alkyl carbamates (subject to hydrolysis) is 1. The molecule has 1 atom stereocenters. The summed E-state index contributed by atoms with van der Waals surface area (Å²) in [6, 6.07) is 7.41. The van der Waals surface area contributed by atoms with Gasteiger partial charge in [0.25, 0.3) is 0 Å². The molecule has 1 aromatic carbocycles. The van der Waals surface area contributed by atoms with Gasteiger partial charge in [-0.3, -0.25) is 10.1 Å². The third-order valence-corrected chi connectivity index (χ3v) is 3.66. The van der Waals surface area contributed by atoms with E-state index in [2.05, 4.69) is 10.1 Å². The summed E-state index contributed by atoms with van der Waals surface area (Å²) in [7, 11) is 1.22. The van der Waals surface area contributed by atoms with Crippen molar-refractivity contribution in [1.29, 1.82) is 0 Å². The molecule has 0 radical (unpaired) electrons. The van der Waals surface area contributed by atoms with E-state index in [-0.39, 0.29) is 11.2 Å². The van der Waals surface area contributed by atoms with Crippen molar-refractivity contribution in [2.75, 3.05) is 7.11 Å². The van der Waals surface area contributed by atoms with Gasteiger partial charge in [-0.1, -0.05) is 23.7 Å². The van der Waals surface area contributed by atoms with Crippen LogP contribution < -0.4 is 5.32 Å². The minimum absolute atomic E-state index is 0.334. The standard InChI is InChI=1S/C12H14ClNO3S/c1-8(11(15)14-12(16)17-2)18-7-9-3-5-10(13)6-4-9/h3-6,8H,7H2,1-2H3,(H,14,15,16)/t8-/m1/s1. The number of halogens is 1. The van der Waals surface area contributed by atoms with E-state index in [1.54, 1.807) is 19.1 Å². The lowest BCUT2D eigenvalue weighted by Gasteiger charge is -2.10. The first-order chi connectivity index (χ1) is 8.52. The average molecular weight is 288 g/mol. The van der Waals surface area contributed by atoms with Crippen LogP contribution in [0.3, 0.4) is 0 Å². The van der Waals surface area contributed by atoms with Crippen LogP contribution in [0.2, 0.25) is 5.02 Å². The Labute approximate surface area is 115 Å². The highest BCUT2D eigenvalue weighted by molar-refractivity contribution is 7.99. The average Bonchev–Trinajstić information content (AvgIpc) is 2.37. The predicted octanol–water partition coefficient (Wildman–Crippen LogP) is 2.84. The smallest absolute Gasteiger partial charge is 0.413 e. The number of imide groups is 1. The molecule has 2 amide bonds. The van der Waals surface area contributed by atoms with Gasteiger partial charge in [0, 0.05) is 10.8 Å². The maximum atomic E-state index is 11.5. The van der Waals surface area contributed by atoms with E-state index in [0.717, 1.165) is 5.56 Å². The number of nitrogens with one attached hydrogen (secondary N) is 1. The Bertz CT molecular complexity index is 422. The second-order valence-corrected chi connectivity index (χ2v) is 5.33. The Morgan fingerprint density at radius 3 is 2.56 bits per heavy atom. The number of carbonyl (C=O) groups excluding carboxylic acids is 2. The first kappa shape index (κ1) is 14.9. The molecular formula is C12H14ClNO3S. The van der Waals surface area contributed by atoms with Crippen molar-refractivity contribution in [3.8, 4) is 0 Å². The van der Waals surface area contributed by atoms with E-state index in [1.807, 2.05) is 12.1 Å². The third-order valence-electron chi connectivity index (χ3n) is 2.19. The number of benzene rings is 1. The Balaban J connectivity index is 2.40. The molecule has 1 aromatic rings. The topological polar surface area (TPSA) is 55.4 Å². The molecule has 0 aliphatic heterocycles. The van der Waals surface area contributed by atoms with Crippen molar-refractivity contribution >= 4 is 35.4 Å². The Morgan fingerprint density at radius 2 is 2.00 bits per heavy atom. The first-order valence-corrected chi connectivity index (χ1v) is 6.70. The molecule has 0 aliphatic rings. The van der Waals surface area contributed by atoms with Gasteiger partial charge < -0.3 is 4.74 Å². The summed E-state index contributed by atoms with van der Waals surface area (Å²) in [4.78, 5) is 22.4. The number of thioether (sulfide) groups is 1. The van der Waals surface area contributed by atoms with E-state index >= 15 is 0 Å². The lowest BCUT2D eigenvalue weighted by Crippen LogP contribution is -2.35. The van der Waals surface area contributed by atoms with Crippen LogP contribution in [-0.4, -0.2) is 24.4 Å². The molecule has 4 nitrogen and oxygen atoms in total. The highest BCUT2D eigenvalue weighted by atomic mass is 35.5. The summed E-state index contributed by atoms with van der Waals surface area (Å²) in [6.45, 7) is 1.73. The molecule has 0 heterocycles. The maximum Gasteiger partial charge on any atom is 0.413 e. The lowest BCUT2D eigenvalue weighted by atomic mass is 10.2. The van der Waals surface area contributed by atoms with Crippen molar-refractivity contribution < 1.29 is 14.3 Å². The Morgan fingerprint density at radius 1 is 1.39 bits per heavy atom. The van der Waals surface area contributed by atoms with Crippen molar-refractivity contribution in [3.05, 3.63) is 34.9 Å². The van der Waals surface area contributed by atoms with Gasteiger partial charge in [-0.2, -0.15) is 0 Å². The summed E-state index contributed by atoms with van der Waals surface area (Å²) in [5.41, 5.74) is 1.07. The molecule has 0 unspecified atom stereocenters. The van der Waals surface area contributed by atoms with E-state index in [0.29, 0.717) is 10.8 Å². The monoisotopic (exact) mass is 287 g/mol. The van der Waals surface area contributed by atoms with Crippen molar-refractivity contribution in [3.63, 3.8) is 0 Å². The van der Waals surface area contributed by atoms with Crippen LogP contribution in [0.25, 0.3) is 0 Å². The molecule has 98 valence electrons. The van der Waals surface area contributed by atoms with Gasteiger partial charge in [-0.25, -0.2) is 4.79 Å². The van der Waals surface area contributed by atoms with Crippen LogP contribution in [0.5, 0.6) is 0 Å². The summed E-state index contributed by atoms with van der Waals surface area (Å²) in [6.07, 6.45) is -0.737. The molecule has 0 fully saturated rings. The predicted molar refractivity (Wildman–Crippen MR) is 72.8 cm³/mol. The van der Waals surface area contributed by atoms with Gasteiger partial charge in [-0.05, 0) is 24.6 Å². The summed E-state index contributed by atoms with van der Waals surface area (Å²) >= 11 is 7.21. The number of ether oxygens (including phenoxy) is 1. The van der Waals surface area contributed by atoms with Crippen LogP contribution >= 0.6 is 23.4 Å². The third kappa shape index (κ3) is 4.98. The number of amides is 2. The molecule has 6 heteroatoms. The van der Waals surface area contributed by atoms with E-state index in [4.69, 9.17) is 11.6 Å². The lowest BCUT2D eigenvalue weighted by molar-refractivity contribution is -0.119. The minimum Gasteiger partial charge on any atom is -0.453 e. The molecular weight excluding hydrogens is 274 g/mol. The highest BCUT2D eigenvalue weighted by Crippen LogP contribution is 2.19. The summed E-state index contributed by atoms with van der Waals surface area (Å²) in [5, 5.41) is 2.48. The SMILES string of the molecule is COC(=O)NC(=O)[C@@H](C)SCc1ccc(Cl)cc1. The minimum atomic E-state index is -0.737. The zero-order chi connectivity index (χ0) is 13.5. The van der Waals surface area contributed by atoms with Gasteiger partial charge in [0.15, 0.2) is 0 Å². The Kier molecular flexibility index (Phi) is 6.01. The summed E-state index contributed by atoms with van der Waals surface area (Å²) in [5.74, 6) is 0.313. The van der Waals surface area contributed by atoms with E-state index in [1.165, 1.54) is 18.9 Å². The van der Waals surface area contributed by atoms with Crippen LogP contribution in [0, 0.1) is 0 Å². The fraction of sp³-hybridized carbons (Fsp3) is 0.333. The second-order valence-electron chi connectivity index (χ2n) is 3.56. The van der Waals surface area contributed by atoms with Crippen molar-refractivity contribution in [2.24, 2.45) is 0 Å². The molecule has 1 N–H and O–H groups in total. The number of hydrogen-bond donors (Lipinski definition) is 1. The molecule has 0 aliphatic carbocycles. The number of hydrogen-bond acceptors (Lipinski definition) is 4. The zero-order valence-electron chi connectivity index (χ0n) is 10.1. The molecule has 0 saturated heterocycles. The van der Waals surface area contributed by atoms with Crippen molar-refractivity contribution in [1.82, 2.24) is 5.32 Å². The van der Waals surface area contributed by atoms with Crippen LogP contribution in [0.4, 0.5) is 4.79 Å². The molecule has 0 aromatic heterocycles. The van der Waals surface area contributed by atoms with Crippen molar-refractivity contribution in [2.45, 2.75) is 17.9 Å². The van der Waals surface area contributed by atoms with E-state index in [9.17, 15) is 9.59 Å². The second kappa shape index (κ2) is 7.28.